The van der Waals surface area contributed by atoms with Gasteiger partial charge < -0.3 is 28.8 Å². The van der Waals surface area contributed by atoms with Crippen molar-refractivity contribution in [1.29, 1.82) is 0 Å². The van der Waals surface area contributed by atoms with Crippen molar-refractivity contribution in [2.75, 3.05) is 28.4 Å². The number of benzene rings is 2. The first-order valence-corrected chi connectivity index (χ1v) is 7.65. The SMILES string of the molecule is COc1cc2c(cc1O)C(c1cc(OC)c(OC)c(OC)c1)=COC2. The van der Waals surface area contributed by atoms with Gasteiger partial charge in [0.25, 0.3) is 0 Å². The Kier molecular flexibility index (Phi) is 4.61. The molecule has 0 amide bonds. The Labute approximate surface area is 146 Å². The van der Waals surface area contributed by atoms with Gasteiger partial charge in [0.1, 0.15) is 6.61 Å². The van der Waals surface area contributed by atoms with E-state index in [0.29, 0.717) is 29.6 Å². The summed E-state index contributed by atoms with van der Waals surface area (Å²) in [6, 6.07) is 7.13. The van der Waals surface area contributed by atoms with Crippen LogP contribution in [0.5, 0.6) is 28.7 Å². The van der Waals surface area contributed by atoms with E-state index in [0.717, 1.165) is 22.3 Å². The molecule has 6 nitrogen and oxygen atoms in total. The molecule has 1 heterocycles. The van der Waals surface area contributed by atoms with E-state index in [1.807, 2.05) is 12.1 Å². The van der Waals surface area contributed by atoms with Crippen LogP contribution < -0.4 is 18.9 Å². The van der Waals surface area contributed by atoms with Crippen LogP contribution in [-0.4, -0.2) is 33.5 Å². The first-order chi connectivity index (χ1) is 12.1. The molecule has 0 aliphatic carbocycles. The zero-order valence-corrected chi connectivity index (χ0v) is 14.6. The van der Waals surface area contributed by atoms with Gasteiger partial charge >= 0.3 is 0 Å². The molecular weight excluding hydrogens is 324 g/mol. The predicted molar refractivity (Wildman–Crippen MR) is 92.6 cm³/mol. The minimum atomic E-state index is 0.0708. The summed E-state index contributed by atoms with van der Waals surface area (Å²) in [5.74, 6) is 2.09. The summed E-state index contributed by atoms with van der Waals surface area (Å²) in [5, 5.41) is 10.2. The maximum Gasteiger partial charge on any atom is 0.203 e. The Morgan fingerprint density at radius 2 is 1.48 bits per heavy atom. The zero-order chi connectivity index (χ0) is 18.0. The normalized spacial score (nSPS) is 12.6. The molecule has 0 bridgehead atoms. The molecule has 0 spiro atoms. The van der Waals surface area contributed by atoms with E-state index in [4.69, 9.17) is 23.7 Å². The summed E-state index contributed by atoms with van der Waals surface area (Å²) in [6.07, 6.45) is 1.66. The Morgan fingerprint density at radius 1 is 0.840 bits per heavy atom. The minimum Gasteiger partial charge on any atom is -0.504 e. The first kappa shape index (κ1) is 16.8. The van der Waals surface area contributed by atoms with Gasteiger partial charge in [-0.15, -0.1) is 0 Å². The van der Waals surface area contributed by atoms with Crippen molar-refractivity contribution < 1.29 is 28.8 Å². The second kappa shape index (κ2) is 6.84. The lowest BCUT2D eigenvalue weighted by Gasteiger charge is -2.21. The van der Waals surface area contributed by atoms with Gasteiger partial charge in [-0.2, -0.15) is 0 Å². The quantitative estimate of drug-likeness (QED) is 0.897. The fourth-order valence-electron chi connectivity index (χ4n) is 2.88. The molecule has 25 heavy (non-hydrogen) atoms. The largest absolute Gasteiger partial charge is 0.504 e. The molecule has 0 saturated heterocycles. The van der Waals surface area contributed by atoms with E-state index in [1.54, 1.807) is 39.7 Å². The zero-order valence-electron chi connectivity index (χ0n) is 14.6. The molecule has 1 aliphatic rings. The molecule has 3 rings (SSSR count). The molecule has 0 unspecified atom stereocenters. The number of rotatable bonds is 5. The molecule has 0 fully saturated rings. The van der Waals surface area contributed by atoms with Gasteiger partial charge in [0.05, 0.1) is 34.7 Å². The lowest BCUT2D eigenvalue weighted by atomic mass is 9.92. The van der Waals surface area contributed by atoms with E-state index in [2.05, 4.69) is 0 Å². The van der Waals surface area contributed by atoms with Crippen molar-refractivity contribution in [3.8, 4) is 28.7 Å². The van der Waals surface area contributed by atoms with Crippen molar-refractivity contribution in [1.82, 2.24) is 0 Å². The summed E-state index contributed by atoms with van der Waals surface area (Å²) in [7, 11) is 6.21. The average molecular weight is 344 g/mol. The Hall–Kier alpha value is -3.02. The highest BCUT2D eigenvalue weighted by Gasteiger charge is 2.22. The molecule has 0 saturated carbocycles. The predicted octanol–water partition coefficient (Wildman–Crippen LogP) is 3.35. The van der Waals surface area contributed by atoms with E-state index < -0.39 is 0 Å². The highest BCUT2D eigenvalue weighted by Crippen LogP contribution is 2.43. The van der Waals surface area contributed by atoms with Crippen LogP contribution in [0.3, 0.4) is 0 Å². The third-order valence-corrected chi connectivity index (χ3v) is 4.11. The second-order valence-electron chi connectivity index (χ2n) is 5.44. The smallest absolute Gasteiger partial charge is 0.203 e. The van der Waals surface area contributed by atoms with E-state index in [1.165, 1.54) is 7.11 Å². The van der Waals surface area contributed by atoms with Gasteiger partial charge in [0, 0.05) is 11.1 Å². The lowest BCUT2D eigenvalue weighted by molar-refractivity contribution is 0.232. The van der Waals surface area contributed by atoms with Crippen molar-refractivity contribution in [2.24, 2.45) is 0 Å². The topological polar surface area (TPSA) is 66.4 Å². The van der Waals surface area contributed by atoms with Crippen molar-refractivity contribution in [2.45, 2.75) is 6.61 Å². The molecule has 0 radical (unpaired) electrons. The molecule has 1 N–H and O–H groups in total. The highest BCUT2D eigenvalue weighted by molar-refractivity contribution is 5.84. The summed E-state index contributed by atoms with van der Waals surface area (Å²) < 4.78 is 27.0. The number of hydrogen-bond acceptors (Lipinski definition) is 6. The summed E-state index contributed by atoms with van der Waals surface area (Å²) >= 11 is 0. The Balaban J connectivity index is 2.15. The molecule has 0 atom stereocenters. The third-order valence-electron chi connectivity index (χ3n) is 4.11. The summed E-state index contributed by atoms with van der Waals surface area (Å²) in [4.78, 5) is 0. The molecule has 2 aromatic rings. The molecule has 1 aliphatic heterocycles. The standard InChI is InChI=1S/C19H20O6/c1-21-16-7-12-9-25-10-14(13(12)8-15(16)20)11-5-17(22-2)19(24-4)18(6-11)23-3/h5-8,10,20H,9H2,1-4H3. The monoisotopic (exact) mass is 344 g/mol. The van der Waals surface area contributed by atoms with Gasteiger partial charge in [0.2, 0.25) is 5.75 Å². The molecule has 2 aromatic carbocycles. The summed E-state index contributed by atoms with van der Waals surface area (Å²) in [5.41, 5.74) is 3.40. The van der Waals surface area contributed by atoms with Crippen molar-refractivity contribution in [3.05, 3.63) is 47.2 Å². The van der Waals surface area contributed by atoms with E-state index in [-0.39, 0.29) is 5.75 Å². The van der Waals surface area contributed by atoms with Crippen LogP contribution in [0.2, 0.25) is 0 Å². The number of phenolic OH excluding ortho intramolecular Hbond substituents is 1. The van der Waals surface area contributed by atoms with E-state index >= 15 is 0 Å². The average Bonchev–Trinajstić information content (AvgIpc) is 2.65. The van der Waals surface area contributed by atoms with Crippen molar-refractivity contribution >= 4 is 5.57 Å². The van der Waals surface area contributed by atoms with Crippen LogP contribution >= 0.6 is 0 Å². The first-order valence-electron chi connectivity index (χ1n) is 7.65. The molecule has 0 aromatic heterocycles. The van der Waals surface area contributed by atoms with Gasteiger partial charge in [-0.25, -0.2) is 0 Å². The van der Waals surface area contributed by atoms with Gasteiger partial charge in [-0.1, -0.05) is 0 Å². The lowest BCUT2D eigenvalue weighted by Crippen LogP contribution is -2.05. The maximum atomic E-state index is 10.2. The van der Waals surface area contributed by atoms with Crippen molar-refractivity contribution in [3.63, 3.8) is 0 Å². The number of fused-ring (bicyclic) bond motifs is 1. The number of hydrogen-bond donors (Lipinski definition) is 1. The Morgan fingerprint density at radius 3 is 2.04 bits per heavy atom. The van der Waals surface area contributed by atoms with Gasteiger partial charge in [0.15, 0.2) is 23.0 Å². The number of aromatic hydroxyl groups is 1. The maximum absolute atomic E-state index is 10.2. The second-order valence-corrected chi connectivity index (χ2v) is 5.44. The molecular formula is C19H20O6. The van der Waals surface area contributed by atoms with Crippen LogP contribution in [0.25, 0.3) is 5.57 Å². The molecule has 6 heteroatoms. The van der Waals surface area contributed by atoms with Crippen LogP contribution in [0.15, 0.2) is 30.5 Å². The fraction of sp³-hybridized carbons (Fsp3) is 0.263. The highest BCUT2D eigenvalue weighted by atomic mass is 16.5. The van der Waals surface area contributed by atoms with Crippen LogP contribution in [0.4, 0.5) is 0 Å². The van der Waals surface area contributed by atoms with E-state index in [9.17, 15) is 5.11 Å². The van der Waals surface area contributed by atoms with Gasteiger partial charge in [-0.05, 0) is 35.4 Å². The summed E-state index contributed by atoms with van der Waals surface area (Å²) in [6.45, 7) is 0.403. The van der Waals surface area contributed by atoms with Crippen LogP contribution in [0.1, 0.15) is 16.7 Å². The van der Waals surface area contributed by atoms with Crippen LogP contribution in [0, 0.1) is 0 Å². The Bertz CT molecular complexity index is 800. The number of methoxy groups -OCH3 is 4. The minimum absolute atomic E-state index is 0.0708. The number of ether oxygens (including phenoxy) is 5. The molecule has 132 valence electrons. The third kappa shape index (κ3) is 2.91. The van der Waals surface area contributed by atoms with Gasteiger partial charge in [-0.3, -0.25) is 0 Å². The fourth-order valence-corrected chi connectivity index (χ4v) is 2.88. The number of phenols is 1. The van der Waals surface area contributed by atoms with Crippen LogP contribution in [-0.2, 0) is 11.3 Å².